The fourth-order valence-corrected chi connectivity index (χ4v) is 2.19. The van der Waals surface area contributed by atoms with Crippen molar-refractivity contribution in [2.24, 2.45) is 0 Å². The van der Waals surface area contributed by atoms with Crippen molar-refractivity contribution in [3.63, 3.8) is 0 Å². The molecule has 20 heavy (non-hydrogen) atoms. The Balaban J connectivity index is 2.47. The highest BCUT2D eigenvalue weighted by Crippen LogP contribution is 2.20. The van der Waals surface area contributed by atoms with Crippen LogP contribution < -0.4 is 5.32 Å². The Hall–Kier alpha value is -2.12. The second-order valence-corrected chi connectivity index (χ2v) is 4.95. The average Bonchev–Trinajstić information content (AvgIpc) is 2.72. The van der Waals surface area contributed by atoms with Gasteiger partial charge in [-0.1, -0.05) is 13.0 Å². The first kappa shape index (κ1) is 14.3. The molecular formula is C16H20N4. The highest BCUT2D eigenvalue weighted by atomic mass is 15.3. The third-order valence-electron chi connectivity index (χ3n) is 3.64. The van der Waals surface area contributed by atoms with Gasteiger partial charge in [0.15, 0.2) is 0 Å². The molecule has 0 spiro atoms. The van der Waals surface area contributed by atoms with Gasteiger partial charge in [0, 0.05) is 12.2 Å². The minimum absolute atomic E-state index is 0.658. The van der Waals surface area contributed by atoms with E-state index in [0.717, 1.165) is 35.7 Å². The minimum atomic E-state index is 0.658. The van der Waals surface area contributed by atoms with Crippen LogP contribution in [0.4, 0.5) is 0 Å². The quantitative estimate of drug-likeness (QED) is 0.927. The van der Waals surface area contributed by atoms with E-state index in [4.69, 9.17) is 0 Å². The molecule has 4 heteroatoms. The molecule has 0 atom stereocenters. The Labute approximate surface area is 120 Å². The second kappa shape index (κ2) is 5.89. The largest absolute Gasteiger partial charge is 0.313 e. The summed E-state index contributed by atoms with van der Waals surface area (Å²) >= 11 is 0. The molecule has 0 saturated carbocycles. The van der Waals surface area contributed by atoms with Crippen LogP contribution in [0.3, 0.4) is 0 Å². The Bertz CT molecular complexity index is 662. The molecular weight excluding hydrogens is 248 g/mol. The van der Waals surface area contributed by atoms with E-state index in [1.807, 2.05) is 36.7 Å². The van der Waals surface area contributed by atoms with Crippen molar-refractivity contribution in [1.29, 1.82) is 5.26 Å². The molecule has 0 unspecified atom stereocenters. The lowest BCUT2D eigenvalue weighted by Gasteiger charge is -2.09. The van der Waals surface area contributed by atoms with Gasteiger partial charge >= 0.3 is 0 Å². The molecule has 104 valence electrons. The van der Waals surface area contributed by atoms with Crippen LogP contribution in [0, 0.1) is 32.1 Å². The zero-order valence-electron chi connectivity index (χ0n) is 12.5. The number of hydrogen-bond donors (Lipinski definition) is 1. The number of nitrogens with zero attached hydrogens (tertiary/aromatic N) is 3. The highest BCUT2D eigenvalue weighted by molar-refractivity contribution is 5.51. The third kappa shape index (κ3) is 2.59. The van der Waals surface area contributed by atoms with Crippen molar-refractivity contribution in [2.45, 2.75) is 34.2 Å². The van der Waals surface area contributed by atoms with Gasteiger partial charge in [-0.2, -0.15) is 10.4 Å². The number of benzene rings is 1. The fourth-order valence-electron chi connectivity index (χ4n) is 2.19. The van der Waals surface area contributed by atoms with Crippen LogP contribution in [-0.2, 0) is 6.54 Å². The molecule has 1 heterocycles. The number of nitrogens with one attached hydrogen (secondary N) is 1. The molecule has 2 aromatic rings. The summed E-state index contributed by atoms with van der Waals surface area (Å²) < 4.78 is 1.86. The van der Waals surface area contributed by atoms with Crippen molar-refractivity contribution in [1.82, 2.24) is 15.1 Å². The normalized spacial score (nSPS) is 10.6. The van der Waals surface area contributed by atoms with E-state index >= 15 is 0 Å². The summed E-state index contributed by atoms with van der Waals surface area (Å²) in [7, 11) is 0. The SMILES string of the molecule is CCNCc1ccc(-n2nc(C)c(C)c2C)c(C#N)c1. The Morgan fingerprint density at radius 1 is 1.30 bits per heavy atom. The highest BCUT2D eigenvalue weighted by Gasteiger charge is 2.12. The topological polar surface area (TPSA) is 53.6 Å². The Morgan fingerprint density at radius 2 is 2.05 bits per heavy atom. The van der Waals surface area contributed by atoms with Gasteiger partial charge in [0.2, 0.25) is 0 Å². The molecule has 0 fully saturated rings. The van der Waals surface area contributed by atoms with Crippen LogP contribution in [0.2, 0.25) is 0 Å². The van der Waals surface area contributed by atoms with Crippen molar-refractivity contribution < 1.29 is 0 Å². The van der Waals surface area contributed by atoms with E-state index in [1.54, 1.807) is 0 Å². The van der Waals surface area contributed by atoms with Gasteiger partial charge in [0.25, 0.3) is 0 Å². The number of nitriles is 1. The van der Waals surface area contributed by atoms with Crippen LogP contribution in [0.25, 0.3) is 5.69 Å². The van der Waals surface area contributed by atoms with Gasteiger partial charge in [0.05, 0.1) is 16.9 Å². The molecule has 0 aliphatic rings. The molecule has 1 N–H and O–H groups in total. The maximum atomic E-state index is 9.39. The number of rotatable bonds is 4. The van der Waals surface area contributed by atoms with Crippen molar-refractivity contribution in [3.05, 3.63) is 46.3 Å². The van der Waals surface area contributed by atoms with E-state index in [1.165, 1.54) is 5.56 Å². The summed E-state index contributed by atoms with van der Waals surface area (Å²) in [6, 6.07) is 8.24. The lowest BCUT2D eigenvalue weighted by atomic mass is 10.1. The predicted molar refractivity (Wildman–Crippen MR) is 79.9 cm³/mol. The molecule has 0 radical (unpaired) electrons. The molecule has 2 rings (SSSR count). The molecule has 4 nitrogen and oxygen atoms in total. The molecule has 1 aromatic heterocycles. The molecule has 1 aromatic carbocycles. The Kier molecular flexibility index (Phi) is 4.21. The van der Waals surface area contributed by atoms with Crippen LogP contribution in [-0.4, -0.2) is 16.3 Å². The predicted octanol–water partition coefficient (Wildman–Crippen LogP) is 2.78. The number of aromatic nitrogens is 2. The smallest absolute Gasteiger partial charge is 0.101 e. The lowest BCUT2D eigenvalue weighted by molar-refractivity contribution is 0.726. The Morgan fingerprint density at radius 3 is 2.60 bits per heavy atom. The first-order valence-corrected chi connectivity index (χ1v) is 6.85. The number of hydrogen-bond acceptors (Lipinski definition) is 3. The van der Waals surface area contributed by atoms with Gasteiger partial charge < -0.3 is 5.32 Å². The van der Waals surface area contributed by atoms with E-state index in [-0.39, 0.29) is 0 Å². The van der Waals surface area contributed by atoms with Crippen molar-refractivity contribution in [2.75, 3.05) is 6.54 Å². The summed E-state index contributed by atoms with van der Waals surface area (Å²) in [4.78, 5) is 0. The van der Waals surface area contributed by atoms with E-state index in [0.29, 0.717) is 5.56 Å². The van der Waals surface area contributed by atoms with Gasteiger partial charge in [-0.25, -0.2) is 4.68 Å². The zero-order valence-corrected chi connectivity index (χ0v) is 12.5. The lowest BCUT2D eigenvalue weighted by Crippen LogP contribution is -2.12. The first-order chi connectivity index (χ1) is 9.58. The van der Waals surface area contributed by atoms with Gasteiger partial charge in [-0.15, -0.1) is 0 Å². The van der Waals surface area contributed by atoms with Crippen molar-refractivity contribution >= 4 is 0 Å². The molecule has 0 amide bonds. The van der Waals surface area contributed by atoms with Gasteiger partial charge in [0.1, 0.15) is 6.07 Å². The maximum Gasteiger partial charge on any atom is 0.101 e. The monoisotopic (exact) mass is 268 g/mol. The minimum Gasteiger partial charge on any atom is -0.313 e. The van der Waals surface area contributed by atoms with E-state index in [9.17, 15) is 5.26 Å². The molecule has 0 aliphatic heterocycles. The summed E-state index contributed by atoms with van der Waals surface area (Å²) in [5.41, 5.74) is 5.88. The molecule has 0 saturated heterocycles. The van der Waals surface area contributed by atoms with E-state index in [2.05, 4.69) is 30.3 Å². The average molecular weight is 268 g/mol. The first-order valence-electron chi connectivity index (χ1n) is 6.85. The van der Waals surface area contributed by atoms with Crippen LogP contribution in [0.15, 0.2) is 18.2 Å². The van der Waals surface area contributed by atoms with Gasteiger partial charge in [-0.3, -0.25) is 0 Å². The second-order valence-electron chi connectivity index (χ2n) is 4.95. The third-order valence-corrected chi connectivity index (χ3v) is 3.64. The summed E-state index contributed by atoms with van der Waals surface area (Å²) in [5, 5.41) is 17.2. The number of aryl methyl sites for hydroxylation is 1. The van der Waals surface area contributed by atoms with Crippen molar-refractivity contribution in [3.8, 4) is 11.8 Å². The molecule has 0 aliphatic carbocycles. The van der Waals surface area contributed by atoms with Crippen LogP contribution >= 0.6 is 0 Å². The van der Waals surface area contributed by atoms with E-state index < -0.39 is 0 Å². The maximum absolute atomic E-state index is 9.39. The van der Waals surface area contributed by atoms with Crippen LogP contribution in [0.5, 0.6) is 0 Å². The van der Waals surface area contributed by atoms with Gasteiger partial charge in [-0.05, 0) is 50.6 Å². The summed E-state index contributed by atoms with van der Waals surface area (Å²) in [6.45, 7) is 9.84. The summed E-state index contributed by atoms with van der Waals surface area (Å²) in [6.07, 6.45) is 0. The fraction of sp³-hybridized carbons (Fsp3) is 0.375. The van der Waals surface area contributed by atoms with Crippen LogP contribution in [0.1, 0.15) is 35.0 Å². The standard InChI is InChI=1S/C16H20N4/c1-5-18-10-14-6-7-16(15(8-14)9-17)20-13(4)11(2)12(3)19-20/h6-8,18H,5,10H2,1-4H3. The summed E-state index contributed by atoms with van der Waals surface area (Å²) in [5.74, 6) is 0. The zero-order chi connectivity index (χ0) is 14.7. The molecule has 0 bridgehead atoms.